The van der Waals surface area contributed by atoms with Crippen molar-refractivity contribution in [3.63, 3.8) is 0 Å². The molecule has 0 amide bonds. The minimum atomic E-state index is -0.749. The summed E-state index contributed by atoms with van der Waals surface area (Å²) in [6, 6.07) is 4.15. The van der Waals surface area contributed by atoms with Gasteiger partial charge in [-0.2, -0.15) is 0 Å². The van der Waals surface area contributed by atoms with E-state index in [1.54, 1.807) is 21.3 Å². The van der Waals surface area contributed by atoms with E-state index >= 15 is 0 Å². The molecule has 134 valence electrons. The van der Waals surface area contributed by atoms with Gasteiger partial charge in [0, 0.05) is 38.2 Å². The number of benzene rings is 1. The van der Waals surface area contributed by atoms with E-state index in [1.165, 1.54) is 11.1 Å². The first-order valence-electron chi connectivity index (χ1n) is 8.92. The number of piperidine rings is 1. The average Bonchev–Trinajstić information content (AvgIpc) is 3.10. The molecule has 1 saturated heterocycles. The molecule has 2 fully saturated rings. The summed E-state index contributed by atoms with van der Waals surface area (Å²) < 4.78 is 24.2. The predicted molar refractivity (Wildman–Crippen MR) is 94.0 cm³/mol. The van der Waals surface area contributed by atoms with Crippen molar-refractivity contribution in [3.8, 4) is 11.5 Å². The lowest BCUT2D eigenvalue weighted by molar-refractivity contribution is -0.243. The normalized spacial score (nSPS) is 36.7. The lowest BCUT2D eigenvalue weighted by atomic mass is 9.55. The van der Waals surface area contributed by atoms with E-state index in [-0.39, 0.29) is 16.9 Å². The molecular formula is C20H25NO4. The lowest BCUT2D eigenvalue weighted by Crippen LogP contribution is -2.58. The Morgan fingerprint density at radius 1 is 1.20 bits per heavy atom. The van der Waals surface area contributed by atoms with Gasteiger partial charge in [0.25, 0.3) is 0 Å². The minimum absolute atomic E-state index is 0.0543. The van der Waals surface area contributed by atoms with Gasteiger partial charge < -0.3 is 23.8 Å². The van der Waals surface area contributed by atoms with Crippen molar-refractivity contribution in [2.75, 3.05) is 41.5 Å². The molecule has 0 aromatic heterocycles. The number of hydrogen-bond donors (Lipinski definition) is 0. The van der Waals surface area contributed by atoms with Crippen molar-refractivity contribution in [3.05, 3.63) is 29.3 Å². The fourth-order valence-corrected chi connectivity index (χ4v) is 6.05. The molecule has 25 heavy (non-hydrogen) atoms. The molecule has 5 nitrogen and oxygen atoms in total. The average molecular weight is 343 g/mol. The molecule has 2 aliphatic carbocycles. The van der Waals surface area contributed by atoms with Crippen molar-refractivity contribution in [2.24, 2.45) is 5.41 Å². The summed E-state index contributed by atoms with van der Waals surface area (Å²) in [5, 5.41) is 0. The van der Waals surface area contributed by atoms with Crippen LogP contribution in [-0.2, 0) is 14.9 Å². The molecule has 0 N–H and O–H groups in total. The Balaban J connectivity index is 1.83. The fourth-order valence-electron chi connectivity index (χ4n) is 6.05. The van der Waals surface area contributed by atoms with E-state index in [0.29, 0.717) is 0 Å². The van der Waals surface area contributed by atoms with Gasteiger partial charge in [0.05, 0.1) is 12.5 Å². The van der Waals surface area contributed by atoms with Crippen LogP contribution in [0.3, 0.4) is 0 Å². The van der Waals surface area contributed by atoms with Crippen molar-refractivity contribution in [1.82, 2.24) is 4.90 Å². The summed E-state index contributed by atoms with van der Waals surface area (Å²) in [6.07, 6.45) is 6.30. The molecule has 3 atom stereocenters. The highest BCUT2D eigenvalue weighted by molar-refractivity contribution is 5.73. The molecule has 1 aromatic carbocycles. The van der Waals surface area contributed by atoms with E-state index in [4.69, 9.17) is 18.9 Å². The van der Waals surface area contributed by atoms with Crippen molar-refractivity contribution >= 4 is 6.08 Å². The van der Waals surface area contributed by atoms with Crippen molar-refractivity contribution < 1.29 is 18.9 Å². The molecule has 2 heterocycles. The number of hydrogen-bond acceptors (Lipinski definition) is 5. The quantitative estimate of drug-likeness (QED) is 0.789. The van der Waals surface area contributed by atoms with Crippen molar-refractivity contribution in [1.29, 1.82) is 0 Å². The molecule has 2 aliphatic heterocycles. The van der Waals surface area contributed by atoms with Gasteiger partial charge >= 0.3 is 0 Å². The molecule has 1 spiro atoms. The summed E-state index contributed by atoms with van der Waals surface area (Å²) in [6.45, 7) is 2.02. The van der Waals surface area contributed by atoms with Gasteiger partial charge in [-0.25, -0.2) is 0 Å². The van der Waals surface area contributed by atoms with Crippen LogP contribution in [0.5, 0.6) is 11.5 Å². The molecular weight excluding hydrogens is 318 g/mol. The van der Waals surface area contributed by atoms with Crippen LogP contribution in [0.2, 0.25) is 0 Å². The standard InChI is InChI=1S/C20H25NO4/c1-21-10-9-19-15-13-5-6-14(22-2)16(15)25-17(19)20(23-3,24-4)11-18(19,12-21)8-7-13/h5-8,17H,9-12H2,1-4H3. The van der Waals surface area contributed by atoms with Gasteiger partial charge in [0.15, 0.2) is 17.6 Å². The monoisotopic (exact) mass is 343 g/mol. The van der Waals surface area contributed by atoms with E-state index in [0.717, 1.165) is 37.4 Å². The maximum atomic E-state index is 6.60. The Labute approximate surface area is 148 Å². The second kappa shape index (κ2) is 4.78. The highest BCUT2D eigenvalue weighted by Gasteiger charge is 2.77. The molecule has 4 aliphatic rings. The number of rotatable bonds is 3. The summed E-state index contributed by atoms with van der Waals surface area (Å²) in [4.78, 5) is 2.41. The summed E-state index contributed by atoms with van der Waals surface area (Å²) in [7, 11) is 7.37. The maximum Gasteiger partial charge on any atom is 0.207 e. The van der Waals surface area contributed by atoms with Crippen LogP contribution < -0.4 is 9.47 Å². The highest BCUT2D eigenvalue weighted by Crippen LogP contribution is 2.71. The van der Waals surface area contributed by atoms with E-state index in [9.17, 15) is 0 Å². The first-order valence-corrected chi connectivity index (χ1v) is 8.92. The number of likely N-dealkylation sites (tertiary alicyclic amines) is 1. The lowest BCUT2D eigenvalue weighted by Gasteiger charge is -2.51. The Bertz CT molecular complexity index is 771. The van der Waals surface area contributed by atoms with Crippen LogP contribution in [0.15, 0.2) is 18.2 Å². The number of ether oxygens (including phenoxy) is 4. The SMILES string of the molecule is COc1ccc2c3c1OC1C(OC)(OC)CC4(C=C2)CN(C)CCC314. The maximum absolute atomic E-state index is 6.60. The zero-order chi connectivity index (χ0) is 17.4. The van der Waals surface area contributed by atoms with E-state index in [1.807, 2.05) is 6.07 Å². The van der Waals surface area contributed by atoms with Gasteiger partial charge in [-0.05, 0) is 31.6 Å². The van der Waals surface area contributed by atoms with Gasteiger partial charge in [-0.1, -0.05) is 18.2 Å². The third kappa shape index (κ3) is 1.56. The van der Waals surface area contributed by atoms with E-state index < -0.39 is 5.79 Å². The third-order valence-electron chi connectivity index (χ3n) is 7.07. The Hall–Kier alpha value is -1.56. The topological polar surface area (TPSA) is 40.2 Å². The summed E-state index contributed by atoms with van der Waals surface area (Å²) >= 11 is 0. The van der Waals surface area contributed by atoms with Gasteiger partial charge in [0.1, 0.15) is 0 Å². The van der Waals surface area contributed by atoms with Crippen LogP contribution in [0, 0.1) is 5.41 Å². The zero-order valence-corrected chi connectivity index (χ0v) is 15.3. The Morgan fingerprint density at radius 3 is 2.72 bits per heavy atom. The van der Waals surface area contributed by atoms with Crippen LogP contribution >= 0.6 is 0 Å². The smallest absolute Gasteiger partial charge is 0.207 e. The number of nitrogens with zero attached hydrogens (tertiary/aromatic N) is 1. The van der Waals surface area contributed by atoms with Gasteiger partial charge in [-0.3, -0.25) is 0 Å². The Kier molecular flexibility index (Phi) is 3.00. The first-order chi connectivity index (χ1) is 12.1. The van der Waals surface area contributed by atoms with Crippen LogP contribution in [0.1, 0.15) is 24.0 Å². The molecule has 1 aromatic rings. The van der Waals surface area contributed by atoms with Crippen LogP contribution in [-0.4, -0.2) is 58.3 Å². The summed E-state index contributed by atoms with van der Waals surface area (Å²) in [5.74, 6) is 0.925. The van der Waals surface area contributed by atoms with E-state index in [2.05, 4.69) is 30.2 Å². The highest BCUT2D eigenvalue weighted by atomic mass is 16.7. The molecule has 1 saturated carbocycles. The number of methoxy groups -OCH3 is 3. The zero-order valence-electron chi connectivity index (χ0n) is 15.3. The summed E-state index contributed by atoms with van der Waals surface area (Å²) in [5.41, 5.74) is 2.35. The second-order valence-corrected chi connectivity index (χ2v) is 7.90. The minimum Gasteiger partial charge on any atom is -0.493 e. The van der Waals surface area contributed by atoms with Gasteiger partial charge in [0.2, 0.25) is 5.79 Å². The fraction of sp³-hybridized carbons (Fsp3) is 0.600. The molecule has 5 rings (SSSR count). The van der Waals surface area contributed by atoms with Gasteiger partial charge in [-0.15, -0.1) is 0 Å². The van der Waals surface area contributed by atoms with Crippen molar-refractivity contribution in [2.45, 2.75) is 30.1 Å². The van der Waals surface area contributed by atoms with Crippen LogP contribution in [0.25, 0.3) is 6.08 Å². The molecule has 3 unspecified atom stereocenters. The molecule has 5 heteroatoms. The second-order valence-electron chi connectivity index (χ2n) is 7.90. The molecule has 0 radical (unpaired) electrons. The largest absolute Gasteiger partial charge is 0.493 e. The van der Waals surface area contributed by atoms with Crippen LogP contribution in [0.4, 0.5) is 0 Å². The molecule has 0 bridgehead atoms. The Morgan fingerprint density at radius 2 is 2.00 bits per heavy atom. The first kappa shape index (κ1) is 15.7. The predicted octanol–water partition coefficient (Wildman–Crippen LogP) is 2.44. The third-order valence-corrected chi connectivity index (χ3v) is 7.07.